The van der Waals surface area contributed by atoms with Gasteiger partial charge in [-0.2, -0.15) is 0 Å². The van der Waals surface area contributed by atoms with Gasteiger partial charge in [0.05, 0.1) is 18.8 Å². The lowest BCUT2D eigenvalue weighted by molar-refractivity contribution is -0.0938. The quantitative estimate of drug-likeness (QED) is 0.836. The zero-order valence-electron chi connectivity index (χ0n) is 10.9. The summed E-state index contributed by atoms with van der Waals surface area (Å²) < 4.78 is 11.3. The lowest BCUT2D eigenvalue weighted by Crippen LogP contribution is -2.43. The van der Waals surface area contributed by atoms with E-state index in [0.717, 1.165) is 19.6 Å². The fourth-order valence-electron chi connectivity index (χ4n) is 3.19. The molecule has 3 nitrogen and oxygen atoms in total. The molecule has 18 heavy (non-hydrogen) atoms. The molecule has 0 aliphatic carbocycles. The molecule has 100 valence electrons. The van der Waals surface area contributed by atoms with Gasteiger partial charge >= 0.3 is 0 Å². The monoisotopic (exact) mass is 267 g/mol. The van der Waals surface area contributed by atoms with Gasteiger partial charge in [-0.15, -0.1) is 11.3 Å². The number of hydrogen-bond acceptors (Lipinski definition) is 4. The molecule has 0 radical (unpaired) electrons. The van der Waals surface area contributed by atoms with Crippen molar-refractivity contribution in [3.63, 3.8) is 0 Å². The van der Waals surface area contributed by atoms with Crippen molar-refractivity contribution in [2.75, 3.05) is 20.3 Å². The van der Waals surface area contributed by atoms with Crippen LogP contribution in [0.1, 0.15) is 24.1 Å². The summed E-state index contributed by atoms with van der Waals surface area (Å²) >= 11 is 1.86. The largest absolute Gasteiger partial charge is 0.382 e. The maximum Gasteiger partial charge on any atom is 0.0813 e. The highest BCUT2D eigenvalue weighted by Crippen LogP contribution is 2.32. The summed E-state index contributed by atoms with van der Waals surface area (Å²) in [5.74, 6) is 0. The molecule has 0 amide bonds. The Hall–Kier alpha value is -0.420. The Labute approximate surface area is 113 Å². The third-order valence-corrected chi connectivity index (χ3v) is 4.90. The number of nitrogens with zero attached hydrogens (tertiary/aromatic N) is 1. The van der Waals surface area contributed by atoms with Crippen molar-refractivity contribution < 1.29 is 9.47 Å². The molecule has 0 spiro atoms. The normalized spacial score (nSPS) is 32.6. The molecule has 0 N–H and O–H groups in total. The van der Waals surface area contributed by atoms with Crippen molar-refractivity contribution in [3.05, 3.63) is 22.4 Å². The summed E-state index contributed by atoms with van der Waals surface area (Å²) in [7, 11) is 1.76. The van der Waals surface area contributed by atoms with E-state index < -0.39 is 0 Å². The van der Waals surface area contributed by atoms with E-state index >= 15 is 0 Å². The first-order valence-corrected chi connectivity index (χ1v) is 7.65. The number of methoxy groups -OCH3 is 1. The maximum absolute atomic E-state index is 6.14. The van der Waals surface area contributed by atoms with Crippen LogP contribution in [0.3, 0.4) is 0 Å². The van der Waals surface area contributed by atoms with E-state index in [-0.39, 0.29) is 0 Å². The van der Waals surface area contributed by atoms with Gasteiger partial charge in [0.1, 0.15) is 0 Å². The average Bonchev–Trinajstić information content (AvgIpc) is 3.00. The molecule has 0 unspecified atom stereocenters. The molecule has 3 atom stereocenters. The number of ether oxygens (including phenoxy) is 2. The second-order valence-electron chi connectivity index (χ2n) is 5.24. The molecule has 3 rings (SSSR count). The third kappa shape index (κ3) is 2.62. The van der Waals surface area contributed by atoms with E-state index in [0.29, 0.717) is 18.2 Å². The molecule has 2 aliphatic rings. The van der Waals surface area contributed by atoms with Crippen LogP contribution in [-0.2, 0) is 16.0 Å². The lowest BCUT2D eigenvalue weighted by Gasteiger charge is -2.35. The Morgan fingerprint density at radius 1 is 1.44 bits per heavy atom. The summed E-state index contributed by atoms with van der Waals surface area (Å²) in [6.45, 7) is 3.01. The van der Waals surface area contributed by atoms with Gasteiger partial charge in [-0.05, 0) is 30.7 Å². The van der Waals surface area contributed by atoms with Crippen molar-refractivity contribution in [1.29, 1.82) is 0 Å². The molecule has 0 bridgehead atoms. The zero-order valence-corrected chi connectivity index (χ0v) is 11.7. The van der Waals surface area contributed by atoms with Crippen LogP contribution in [0.5, 0.6) is 0 Å². The minimum atomic E-state index is 0.318. The molecule has 1 aromatic rings. The van der Waals surface area contributed by atoms with Gasteiger partial charge in [-0.3, -0.25) is 4.90 Å². The number of likely N-dealkylation sites (tertiary alicyclic amines) is 1. The number of fused-ring (bicyclic) bond motifs is 1. The maximum atomic E-state index is 6.14. The summed E-state index contributed by atoms with van der Waals surface area (Å²) in [6, 6.07) is 5.00. The van der Waals surface area contributed by atoms with Crippen LogP contribution in [-0.4, -0.2) is 43.4 Å². The van der Waals surface area contributed by atoms with Gasteiger partial charge < -0.3 is 9.47 Å². The van der Waals surface area contributed by atoms with E-state index in [1.807, 2.05) is 11.3 Å². The van der Waals surface area contributed by atoms with Gasteiger partial charge in [0.15, 0.2) is 0 Å². The van der Waals surface area contributed by atoms with Crippen LogP contribution in [0.25, 0.3) is 0 Å². The summed E-state index contributed by atoms with van der Waals surface area (Å²) in [6.07, 6.45) is 4.31. The third-order valence-electron chi connectivity index (χ3n) is 4.04. The number of thiophene rings is 1. The Morgan fingerprint density at radius 3 is 3.17 bits per heavy atom. The lowest BCUT2D eigenvalue weighted by atomic mass is 9.99. The van der Waals surface area contributed by atoms with Gasteiger partial charge in [0.25, 0.3) is 0 Å². The average molecular weight is 267 g/mol. The molecule has 2 saturated heterocycles. The molecule has 0 aromatic carbocycles. The smallest absolute Gasteiger partial charge is 0.0813 e. The van der Waals surface area contributed by atoms with E-state index in [9.17, 15) is 0 Å². The Morgan fingerprint density at radius 2 is 2.39 bits per heavy atom. The fourth-order valence-corrected chi connectivity index (χ4v) is 3.92. The molecule has 2 aliphatic heterocycles. The minimum absolute atomic E-state index is 0.318. The highest BCUT2D eigenvalue weighted by atomic mass is 32.1. The van der Waals surface area contributed by atoms with Crippen LogP contribution in [0, 0.1) is 0 Å². The van der Waals surface area contributed by atoms with Crippen LogP contribution in [0.2, 0.25) is 0 Å². The molecule has 1 aromatic heterocycles. The highest BCUT2D eigenvalue weighted by molar-refractivity contribution is 7.09. The fraction of sp³-hybridized carbons (Fsp3) is 0.714. The first kappa shape index (κ1) is 12.6. The van der Waals surface area contributed by atoms with Gasteiger partial charge in [0.2, 0.25) is 0 Å². The zero-order chi connectivity index (χ0) is 12.4. The van der Waals surface area contributed by atoms with Crippen molar-refractivity contribution in [2.24, 2.45) is 0 Å². The Kier molecular flexibility index (Phi) is 3.99. The second-order valence-corrected chi connectivity index (χ2v) is 6.27. The number of hydrogen-bond donors (Lipinski definition) is 0. The predicted octanol–water partition coefficient (Wildman–Crippen LogP) is 2.52. The van der Waals surface area contributed by atoms with Gasteiger partial charge in [-0.1, -0.05) is 6.07 Å². The molecule has 4 heteroatoms. The van der Waals surface area contributed by atoms with Gasteiger partial charge in [-0.25, -0.2) is 0 Å². The van der Waals surface area contributed by atoms with Crippen molar-refractivity contribution in [2.45, 2.75) is 44.1 Å². The first-order chi connectivity index (χ1) is 8.86. The van der Waals surface area contributed by atoms with Crippen LogP contribution in [0.4, 0.5) is 0 Å². The predicted molar refractivity (Wildman–Crippen MR) is 72.9 cm³/mol. The van der Waals surface area contributed by atoms with Crippen LogP contribution in [0.15, 0.2) is 17.5 Å². The molecule has 2 fully saturated rings. The molecule has 3 heterocycles. The van der Waals surface area contributed by atoms with Crippen LogP contribution >= 0.6 is 11.3 Å². The van der Waals surface area contributed by atoms with Crippen LogP contribution < -0.4 is 0 Å². The number of rotatable bonds is 4. The van der Waals surface area contributed by atoms with E-state index in [1.165, 1.54) is 24.3 Å². The minimum Gasteiger partial charge on any atom is -0.382 e. The van der Waals surface area contributed by atoms with E-state index in [1.54, 1.807) is 7.11 Å². The summed E-state index contributed by atoms with van der Waals surface area (Å²) in [4.78, 5) is 4.06. The summed E-state index contributed by atoms with van der Waals surface area (Å²) in [5, 5.41) is 2.16. The van der Waals surface area contributed by atoms with E-state index in [4.69, 9.17) is 9.47 Å². The van der Waals surface area contributed by atoms with Crippen molar-refractivity contribution in [3.8, 4) is 0 Å². The first-order valence-electron chi connectivity index (χ1n) is 6.77. The molecular formula is C14H21NO2S. The standard InChI is InChI=1S/C14H21NO2S/c1-16-10-11-4-5-13-14(17-11)6-7-15(13)9-12-3-2-8-18-12/h2-3,8,11,13-14H,4-7,9-10H2,1H3/t11-,13+,14+/m0/s1. The highest BCUT2D eigenvalue weighted by Gasteiger charge is 2.39. The SMILES string of the molecule is COC[C@@H]1CC[C@@H]2[C@@H](CCN2Cc2cccs2)O1. The molecular weight excluding hydrogens is 246 g/mol. The molecule has 0 saturated carbocycles. The Balaban J connectivity index is 1.58. The van der Waals surface area contributed by atoms with Crippen molar-refractivity contribution >= 4 is 11.3 Å². The second kappa shape index (κ2) is 5.70. The Bertz CT molecular complexity index is 368. The van der Waals surface area contributed by atoms with E-state index in [2.05, 4.69) is 22.4 Å². The summed E-state index contributed by atoms with van der Waals surface area (Å²) in [5.41, 5.74) is 0. The van der Waals surface area contributed by atoms with Gasteiger partial charge in [0, 0.05) is 31.1 Å². The topological polar surface area (TPSA) is 21.7 Å². The van der Waals surface area contributed by atoms with Crippen molar-refractivity contribution in [1.82, 2.24) is 4.90 Å².